The third-order valence-corrected chi connectivity index (χ3v) is 5.20. The van der Waals surface area contributed by atoms with E-state index in [0.717, 1.165) is 4.57 Å². The van der Waals surface area contributed by atoms with Crippen LogP contribution in [0.5, 0.6) is 17.2 Å². The summed E-state index contributed by atoms with van der Waals surface area (Å²) in [5, 5.41) is 10.4. The van der Waals surface area contributed by atoms with Gasteiger partial charge in [0.2, 0.25) is 0 Å². The number of aromatic nitrogens is 3. The molecule has 0 bridgehead atoms. The topological polar surface area (TPSA) is 87.6 Å². The van der Waals surface area contributed by atoms with Crippen LogP contribution in [0.2, 0.25) is 0 Å². The van der Waals surface area contributed by atoms with Crippen molar-refractivity contribution in [2.24, 2.45) is 14.1 Å². The molecule has 0 atom stereocenters. The number of aryl methyl sites for hydroxylation is 1. The molecule has 0 saturated heterocycles. The van der Waals surface area contributed by atoms with Gasteiger partial charge in [0.15, 0.2) is 11.5 Å². The molecule has 2 aromatic heterocycles. The Balaban J connectivity index is 2.18. The molecule has 1 N–H and O–H groups in total. The quantitative estimate of drug-likeness (QED) is 0.561. The van der Waals surface area contributed by atoms with Crippen molar-refractivity contribution >= 4 is 10.9 Å². The molecule has 8 nitrogen and oxygen atoms in total. The summed E-state index contributed by atoms with van der Waals surface area (Å²) in [4.78, 5) is 25.6. The predicted octanol–water partition coefficient (Wildman–Crippen LogP) is 2.42. The molecular weight excluding hydrogens is 386 g/mol. The Bertz CT molecular complexity index is 1390. The highest BCUT2D eigenvalue weighted by molar-refractivity contribution is 5.95. The van der Waals surface area contributed by atoms with Gasteiger partial charge in [0.1, 0.15) is 5.75 Å². The van der Waals surface area contributed by atoms with Crippen molar-refractivity contribution in [2.75, 3.05) is 14.2 Å². The molecule has 0 amide bonds. The van der Waals surface area contributed by atoms with Crippen LogP contribution in [-0.4, -0.2) is 33.0 Å². The van der Waals surface area contributed by atoms with E-state index in [1.165, 1.54) is 18.7 Å². The van der Waals surface area contributed by atoms with E-state index in [9.17, 15) is 14.7 Å². The minimum absolute atomic E-state index is 0.0882. The largest absolute Gasteiger partial charge is 0.508 e. The van der Waals surface area contributed by atoms with Crippen molar-refractivity contribution in [1.29, 1.82) is 0 Å². The van der Waals surface area contributed by atoms with E-state index in [4.69, 9.17) is 9.47 Å². The zero-order valence-electron chi connectivity index (χ0n) is 17.0. The van der Waals surface area contributed by atoms with E-state index in [0.29, 0.717) is 39.3 Å². The van der Waals surface area contributed by atoms with Crippen LogP contribution in [-0.2, 0) is 14.1 Å². The summed E-state index contributed by atoms with van der Waals surface area (Å²) in [7, 11) is 6.16. The Morgan fingerprint density at radius 1 is 0.900 bits per heavy atom. The van der Waals surface area contributed by atoms with Crippen molar-refractivity contribution in [1.82, 2.24) is 13.7 Å². The van der Waals surface area contributed by atoms with Gasteiger partial charge in [-0.1, -0.05) is 6.07 Å². The number of ether oxygens (including phenoxy) is 2. The van der Waals surface area contributed by atoms with E-state index in [-0.39, 0.29) is 5.75 Å². The first kappa shape index (κ1) is 19.4. The fourth-order valence-electron chi connectivity index (χ4n) is 3.65. The monoisotopic (exact) mass is 407 g/mol. The van der Waals surface area contributed by atoms with Crippen LogP contribution in [0.25, 0.3) is 27.8 Å². The first-order valence-corrected chi connectivity index (χ1v) is 9.20. The summed E-state index contributed by atoms with van der Waals surface area (Å²) in [6.07, 6.45) is 1.72. The summed E-state index contributed by atoms with van der Waals surface area (Å²) in [6.45, 7) is 0. The van der Waals surface area contributed by atoms with Gasteiger partial charge in [-0.15, -0.1) is 0 Å². The van der Waals surface area contributed by atoms with Gasteiger partial charge >= 0.3 is 5.69 Å². The number of phenols is 1. The highest BCUT2D eigenvalue weighted by Crippen LogP contribution is 2.36. The van der Waals surface area contributed by atoms with Gasteiger partial charge in [0, 0.05) is 37.6 Å². The second kappa shape index (κ2) is 7.14. The summed E-state index contributed by atoms with van der Waals surface area (Å²) >= 11 is 0. The Labute approximate surface area is 171 Å². The van der Waals surface area contributed by atoms with Crippen LogP contribution in [0.1, 0.15) is 0 Å². The van der Waals surface area contributed by atoms with E-state index in [1.54, 1.807) is 55.3 Å². The van der Waals surface area contributed by atoms with Crippen LogP contribution in [0.4, 0.5) is 0 Å². The number of hydrogen-bond donors (Lipinski definition) is 1. The van der Waals surface area contributed by atoms with Crippen LogP contribution >= 0.6 is 0 Å². The molecule has 154 valence electrons. The molecular formula is C22H21N3O5. The highest BCUT2D eigenvalue weighted by Gasteiger charge is 2.21. The molecule has 4 rings (SSSR count). The van der Waals surface area contributed by atoms with Gasteiger partial charge in [-0.05, 0) is 30.3 Å². The molecule has 0 unspecified atom stereocenters. The normalized spacial score (nSPS) is 11.1. The SMILES string of the molecule is COc1ccc(-c2c3c(=O)n(C)c(=O)n(C)c3cn2-c2cccc(O)c2)cc1OC. The molecule has 8 heteroatoms. The lowest BCUT2D eigenvalue weighted by Crippen LogP contribution is -2.36. The number of methoxy groups -OCH3 is 2. The molecule has 0 aliphatic rings. The summed E-state index contributed by atoms with van der Waals surface area (Å²) in [5.41, 5.74) is 1.58. The summed E-state index contributed by atoms with van der Waals surface area (Å²) in [5.74, 6) is 1.15. The average molecular weight is 407 g/mol. The first-order valence-electron chi connectivity index (χ1n) is 9.20. The van der Waals surface area contributed by atoms with Crippen molar-refractivity contribution in [3.05, 3.63) is 69.5 Å². The van der Waals surface area contributed by atoms with Crippen molar-refractivity contribution in [3.63, 3.8) is 0 Å². The van der Waals surface area contributed by atoms with Gasteiger partial charge in [-0.3, -0.25) is 13.9 Å². The van der Waals surface area contributed by atoms with Crippen molar-refractivity contribution in [2.45, 2.75) is 0 Å². The van der Waals surface area contributed by atoms with Gasteiger partial charge in [0.25, 0.3) is 5.56 Å². The van der Waals surface area contributed by atoms with E-state index in [2.05, 4.69) is 0 Å². The highest BCUT2D eigenvalue weighted by atomic mass is 16.5. The fourth-order valence-corrected chi connectivity index (χ4v) is 3.65. The number of phenolic OH excluding ortho intramolecular Hbond substituents is 1. The van der Waals surface area contributed by atoms with Gasteiger partial charge in [-0.2, -0.15) is 0 Å². The summed E-state index contributed by atoms with van der Waals surface area (Å²) < 4.78 is 15.1. The molecule has 2 heterocycles. The molecule has 0 spiro atoms. The molecule has 0 radical (unpaired) electrons. The molecule has 0 aliphatic heterocycles. The van der Waals surface area contributed by atoms with Crippen molar-refractivity contribution < 1.29 is 14.6 Å². The Morgan fingerprint density at radius 2 is 1.63 bits per heavy atom. The summed E-state index contributed by atoms with van der Waals surface area (Å²) in [6, 6.07) is 12.0. The lowest BCUT2D eigenvalue weighted by molar-refractivity contribution is 0.355. The van der Waals surface area contributed by atoms with Crippen LogP contribution in [0.15, 0.2) is 58.3 Å². The zero-order chi connectivity index (χ0) is 21.6. The second-order valence-electron chi connectivity index (χ2n) is 6.90. The zero-order valence-corrected chi connectivity index (χ0v) is 17.0. The van der Waals surface area contributed by atoms with Crippen LogP contribution in [0, 0.1) is 0 Å². The van der Waals surface area contributed by atoms with Gasteiger partial charge in [-0.25, -0.2) is 4.79 Å². The van der Waals surface area contributed by atoms with Crippen LogP contribution in [0.3, 0.4) is 0 Å². The minimum Gasteiger partial charge on any atom is -0.508 e. The average Bonchev–Trinajstić information content (AvgIpc) is 3.16. The lowest BCUT2D eigenvalue weighted by Gasteiger charge is -2.13. The maximum absolute atomic E-state index is 13.1. The Morgan fingerprint density at radius 3 is 2.30 bits per heavy atom. The molecule has 0 saturated carbocycles. The van der Waals surface area contributed by atoms with E-state index in [1.807, 2.05) is 12.1 Å². The molecule has 0 aliphatic carbocycles. The smallest absolute Gasteiger partial charge is 0.330 e. The molecule has 4 aromatic rings. The number of fused-ring (bicyclic) bond motifs is 1. The number of benzene rings is 2. The minimum atomic E-state index is -0.417. The third-order valence-electron chi connectivity index (χ3n) is 5.20. The second-order valence-corrected chi connectivity index (χ2v) is 6.90. The maximum atomic E-state index is 13.1. The molecule has 30 heavy (non-hydrogen) atoms. The lowest BCUT2D eigenvalue weighted by atomic mass is 10.1. The van der Waals surface area contributed by atoms with Gasteiger partial charge in [0.05, 0.1) is 30.8 Å². The standard InChI is InChI=1S/C22H21N3O5/c1-23-16-12-25(14-6-5-7-15(26)11-14)20(19(16)21(27)24(2)22(23)28)13-8-9-17(29-3)18(10-13)30-4/h5-12,26H,1-4H3. The first-order chi connectivity index (χ1) is 14.4. The number of hydrogen-bond acceptors (Lipinski definition) is 5. The van der Waals surface area contributed by atoms with Crippen LogP contribution < -0.4 is 20.7 Å². The molecule has 0 fully saturated rings. The molecule has 2 aromatic carbocycles. The number of nitrogens with zero attached hydrogens (tertiary/aromatic N) is 3. The maximum Gasteiger partial charge on any atom is 0.330 e. The Hall–Kier alpha value is -3.94. The Kier molecular flexibility index (Phi) is 4.62. The number of aromatic hydroxyl groups is 1. The number of rotatable bonds is 4. The van der Waals surface area contributed by atoms with Gasteiger partial charge < -0.3 is 19.1 Å². The van der Waals surface area contributed by atoms with E-state index >= 15 is 0 Å². The third kappa shape index (κ3) is 2.85. The fraction of sp³-hybridized carbons (Fsp3) is 0.182. The van der Waals surface area contributed by atoms with E-state index < -0.39 is 11.2 Å². The van der Waals surface area contributed by atoms with Crippen molar-refractivity contribution in [3.8, 4) is 34.2 Å². The predicted molar refractivity (Wildman–Crippen MR) is 114 cm³/mol.